The van der Waals surface area contributed by atoms with Gasteiger partial charge in [0.25, 0.3) is 0 Å². The molecular weight excluding hydrogens is 242 g/mol. The van der Waals surface area contributed by atoms with E-state index in [-0.39, 0.29) is 0 Å². The van der Waals surface area contributed by atoms with Crippen molar-refractivity contribution in [2.75, 3.05) is 16.8 Å². The highest BCUT2D eigenvalue weighted by atomic mass is 32.2. The van der Waals surface area contributed by atoms with E-state index >= 15 is 0 Å². The van der Waals surface area contributed by atoms with Gasteiger partial charge in [-0.15, -0.1) is 0 Å². The van der Waals surface area contributed by atoms with Crippen molar-refractivity contribution in [2.24, 2.45) is 0 Å². The van der Waals surface area contributed by atoms with Gasteiger partial charge in [-0.05, 0) is 48.9 Å². The molecule has 94 valence electrons. The molecular formula is C14H17N3S. The molecule has 2 heterocycles. The molecule has 0 aliphatic carbocycles. The summed E-state index contributed by atoms with van der Waals surface area (Å²) < 4.78 is 1.88. The summed E-state index contributed by atoms with van der Waals surface area (Å²) in [6.07, 6.45) is 6.37. The molecule has 1 fully saturated rings. The number of aromatic nitrogens is 2. The number of hydrogen-bond donors (Lipinski definition) is 1. The number of nitrogens with zero attached hydrogens (tertiary/aromatic N) is 2. The van der Waals surface area contributed by atoms with Crippen LogP contribution in [0.2, 0.25) is 0 Å². The molecule has 1 aromatic heterocycles. The molecule has 0 spiro atoms. The third kappa shape index (κ3) is 2.70. The molecule has 18 heavy (non-hydrogen) atoms. The van der Waals surface area contributed by atoms with Crippen LogP contribution < -0.4 is 5.32 Å². The number of hydrogen-bond acceptors (Lipinski definition) is 3. The topological polar surface area (TPSA) is 29.9 Å². The van der Waals surface area contributed by atoms with Crippen molar-refractivity contribution in [3.63, 3.8) is 0 Å². The van der Waals surface area contributed by atoms with Crippen molar-refractivity contribution >= 4 is 17.4 Å². The summed E-state index contributed by atoms with van der Waals surface area (Å²) in [4.78, 5) is 0. The Balaban J connectivity index is 1.67. The Bertz CT molecular complexity index is 472. The first-order valence-corrected chi connectivity index (χ1v) is 7.52. The van der Waals surface area contributed by atoms with Crippen LogP contribution in [0, 0.1) is 0 Å². The van der Waals surface area contributed by atoms with E-state index in [1.165, 1.54) is 30.0 Å². The minimum Gasteiger partial charge on any atom is -0.381 e. The van der Waals surface area contributed by atoms with Crippen molar-refractivity contribution in [2.45, 2.75) is 18.9 Å². The molecule has 2 aromatic rings. The average molecular weight is 259 g/mol. The zero-order valence-electron chi connectivity index (χ0n) is 10.2. The highest BCUT2D eigenvalue weighted by Gasteiger charge is 2.12. The SMILES string of the molecule is c1cnn(-c2ccc(NC3CCCSC3)cc2)c1. The predicted molar refractivity (Wildman–Crippen MR) is 77.5 cm³/mol. The van der Waals surface area contributed by atoms with Crippen LogP contribution in [0.4, 0.5) is 5.69 Å². The van der Waals surface area contributed by atoms with Gasteiger partial charge in [0.1, 0.15) is 0 Å². The molecule has 1 aliphatic heterocycles. The lowest BCUT2D eigenvalue weighted by molar-refractivity contribution is 0.685. The monoisotopic (exact) mass is 259 g/mol. The smallest absolute Gasteiger partial charge is 0.0647 e. The van der Waals surface area contributed by atoms with Crippen LogP contribution in [0.25, 0.3) is 5.69 Å². The molecule has 1 unspecified atom stereocenters. The van der Waals surface area contributed by atoms with Gasteiger partial charge in [0.15, 0.2) is 0 Å². The van der Waals surface area contributed by atoms with Crippen LogP contribution in [0.3, 0.4) is 0 Å². The van der Waals surface area contributed by atoms with Crippen LogP contribution in [-0.4, -0.2) is 27.3 Å². The second-order valence-corrected chi connectivity index (χ2v) is 5.71. The summed E-state index contributed by atoms with van der Waals surface area (Å²) >= 11 is 2.05. The summed E-state index contributed by atoms with van der Waals surface area (Å²) in [7, 11) is 0. The highest BCUT2D eigenvalue weighted by Crippen LogP contribution is 2.21. The van der Waals surface area contributed by atoms with Crippen LogP contribution in [0.5, 0.6) is 0 Å². The van der Waals surface area contributed by atoms with Gasteiger partial charge >= 0.3 is 0 Å². The molecule has 0 radical (unpaired) electrons. The van der Waals surface area contributed by atoms with Gasteiger partial charge in [-0.3, -0.25) is 0 Å². The molecule has 1 saturated heterocycles. The summed E-state index contributed by atoms with van der Waals surface area (Å²) in [5.41, 5.74) is 2.31. The fourth-order valence-corrected chi connectivity index (χ4v) is 3.29. The zero-order valence-corrected chi connectivity index (χ0v) is 11.1. The molecule has 0 amide bonds. The predicted octanol–water partition coefficient (Wildman–Crippen LogP) is 3.18. The van der Waals surface area contributed by atoms with Gasteiger partial charge in [-0.1, -0.05) is 0 Å². The Morgan fingerprint density at radius 2 is 2.17 bits per heavy atom. The second-order valence-electron chi connectivity index (χ2n) is 4.56. The average Bonchev–Trinajstić information content (AvgIpc) is 2.95. The first-order chi connectivity index (χ1) is 8.92. The fraction of sp³-hybridized carbons (Fsp3) is 0.357. The summed E-state index contributed by atoms with van der Waals surface area (Å²) in [5.74, 6) is 2.54. The zero-order chi connectivity index (χ0) is 12.2. The van der Waals surface area contributed by atoms with Gasteiger partial charge < -0.3 is 5.32 Å². The molecule has 3 rings (SSSR count). The number of nitrogens with one attached hydrogen (secondary N) is 1. The number of thioether (sulfide) groups is 1. The van der Waals surface area contributed by atoms with E-state index in [0.717, 1.165) is 5.69 Å². The van der Waals surface area contributed by atoms with E-state index in [1.807, 2.05) is 28.7 Å². The molecule has 3 nitrogen and oxygen atoms in total. The van der Waals surface area contributed by atoms with Crippen molar-refractivity contribution < 1.29 is 0 Å². The van der Waals surface area contributed by atoms with Crippen LogP contribution in [0.1, 0.15) is 12.8 Å². The van der Waals surface area contributed by atoms with Crippen LogP contribution in [-0.2, 0) is 0 Å². The third-order valence-corrected chi connectivity index (χ3v) is 4.38. The maximum absolute atomic E-state index is 4.22. The van der Waals surface area contributed by atoms with Gasteiger partial charge in [0.05, 0.1) is 5.69 Å². The summed E-state index contributed by atoms with van der Waals surface area (Å²) in [5, 5.41) is 7.83. The van der Waals surface area contributed by atoms with Gasteiger partial charge in [-0.2, -0.15) is 16.9 Å². The van der Waals surface area contributed by atoms with Crippen molar-refractivity contribution in [1.29, 1.82) is 0 Å². The van der Waals surface area contributed by atoms with Crippen molar-refractivity contribution in [3.05, 3.63) is 42.7 Å². The van der Waals surface area contributed by atoms with Crippen LogP contribution >= 0.6 is 11.8 Å². The van der Waals surface area contributed by atoms with E-state index in [9.17, 15) is 0 Å². The van der Waals surface area contributed by atoms with E-state index in [1.54, 1.807) is 6.20 Å². The highest BCUT2D eigenvalue weighted by molar-refractivity contribution is 7.99. The first-order valence-electron chi connectivity index (χ1n) is 6.36. The van der Waals surface area contributed by atoms with Crippen LogP contribution in [0.15, 0.2) is 42.7 Å². The largest absolute Gasteiger partial charge is 0.381 e. The Morgan fingerprint density at radius 3 is 2.83 bits per heavy atom. The number of benzene rings is 1. The Morgan fingerprint density at radius 1 is 1.28 bits per heavy atom. The number of rotatable bonds is 3. The van der Waals surface area contributed by atoms with E-state index in [4.69, 9.17) is 0 Å². The number of anilines is 1. The third-order valence-electron chi connectivity index (χ3n) is 3.17. The van der Waals surface area contributed by atoms with Crippen molar-refractivity contribution in [3.8, 4) is 5.69 Å². The van der Waals surface area contributed by atoms with E-state index in [2.05, 4.69) is 34.7 Å². The van der Waals surface area contributed by atoms with E-state index in [0.29, 0.717) is 6.04 Å². The van der Waals surface area contributed by atoms with Gasteiger partial charge in [0, 0.05) is 29.9 Å². The molecule has 0 bridgehead atoms. The molecule has 1 aromatic carbocycles. The Hall–Kier alpha value is -1.42. The molecule has 1 aliphatic rings. The van der Waals surface area contributed by atoms with Crippen molar-refractivity contribution in [1.82, 2.24) is 9.78 Å². The molecule has 1 atom stereocenters. The lowest BCUT2D eigenvalue weighted by Crippen LogP contribution is -2.25. The summed E-state index contributed by atoms with van der Waals surface area (Å²) in [6, 6.07) is 11.0. The minimum atomic E-state index is 0.624. The lowest BCUT2D eigenvalue weighted by atomic mass is 10.1. The first kappa shape index (κ1) is 11.7. The molecule has 4 heteroatoms. The minimum absolute atomic E-state index is 0.624. The molecule has 0 saturated carbocycles. The van der Waals surface area contributed by atoms with Gasteiger partial charge in [-0.25, -0.2) is 4.68 Å². The second kappa shape index (κ2) is 5.48. The summed E-state index contributed by atoms with van der Waals surface area (Å²) in [6.45, 7) is 0. The normalized spacial score (nSPS) is 19.7. The Labute approximate surface area is 112 Å². The fourth-order valence-electron chi connectivity index (χ4n) is 2.22. The molecule has 1 N–H and O–H groups in total. The Kier molecular flexibility index (Phi) is 3.55. The lowest BCUT2D eigenvalue weighted by Gasteiger charge is -2.23. The van der Waals surface area contributed by atoms with E-state index < -0.39 is 0 Å². The standard InChI is InChI=1S/C14H17N3S/c1-3-13(11-18-10-1)16-12-4-6-14(7-5-12)17-9-2-8-15-17/h2,4-9,13,16H,1,3,10-11H2. The maximum atomic E-state index is 4.22. The maximum Gasteiger partial charge on any atom is 0.0647 e. The quantitative estimate of drug-likeness (QED) is 0.918. The van der Waals surface area contributed by atoms with Gasteiger partial charge in [0.2, 0.25) is 0 Å².